The third-order valence-corrected chi connectivity index (χ3v) is 12.1. The topological polar surface area (TPSA) is 0 Å². The van der Waals surface area contributed by atoms with Crippen LogP contribution in [0.25, 0.3) is 0 Å². The second-order valence-corrected chi connectivity index (χ2v) is 11.9. The molecule has 1 heterocycles. The van der Waals surface area contributed by atoms with E-state index in [9.17, 15) is 0 Å². The zero-order chi connectivity index (χ0) is 10.5. The number of hydrogen-bond acceptors (Lipinski definition) is 0. The van der Waals surface area contributed by atoms with Crippen LogP contribution in [0.5, 0.6) is 0 Å². The largest absolute Gasteiger partial charge is 1.00 e. The number of halogens is 2. The quantitative estimate of drug-likeness (QED) is 0.543. The third-order valence-electron chi connectivity index (χ3n) is 4.24. The Labute approximate surface area is 120 Å². The first-order chi connectivity index (χ1) is 7.24. The Bertz CT molecular complexity index is 399. The summed E-state index contributed by atoms with van der Waals surface area (Å²) < 4.78 is 6.94. The SMILES string of the molecule is CC1=[C]([Ti+2]2([C]3=C(C)C=CC3)[CH2][CH2]2)CC=C1.[Cl-].[Cl-]. The summed E-state index contributed by atoms with van der Waals surface area (Å²) in [5, 5.41) is 0. The molecule has 0 aromatic heterocycles. The first-order valence-corrected chi connectivity index (χ1v) is 9.74. The van der Waals surface area contributed by atoms with Gasteiger partial charge in [-0.3, -0.25) is 0 Å². The molecule has 0 saturated carbocycles. The third kappa shape index (κ3) is 2.38. The number of allylic oxidation sites excluding steroid dienone is 8. The maximum absolute atomic E-state index is 2.37. The van der Waals surface area contributed by atoms with Gasteiger partial charge >= 0.3 is 95.9 Å². The normalized spacial score (nSPS) is 22.0. The monoisotopic (exact) mass is 304 g/mol. The van der Waals surface area contributed by atoms with E-state index in [0.29, 0.717) is 0 Å². The molecule has 1 saturated heterocycles. The van der Waals surface area contributed by atoms with E-state index >= 15 is 0 Å². The van der Waals surface area contributed by atoms with Gasteiger partial charge in [0.05, 0.1) is 0 Å². The second-order valence-electron chi connectivity index (χ2n) is 5.12. The minimum atomic E-state index is -1.63. The van der Waals surface area contributed by atoms with Crippen molar-refractivity contribution in [3.63, 3.8) is 0 Å². The molecule has 3 heteroatoms. The van der Waals surface area contributed by atoms with Gasteiger partial charge in [-0.1, -0.05) is 0 Å². The van der Waals surface area contributed by atoms with E-state index < -0.39 is 16.6 Å². The molecular formula is C14H18Cl2Ti. The molecule has 0 nitrogen and oxygen atoms in total. The molecule has 0 radical (unpaired) electrons. The Hall–Kier alpha value is 0.254. The van der Waals surface area contributed by atoms with Crippen molar-refractivity contribution in [2.45, 2.75) is 36.1 Å². The maximum atomic E-state index is 2.37. The summed E-state index contributed by atoms with van der Waals surface area (Å²) in [5.41, 5.74) is 3.22. The molecule has 3 rings (SSSR count). The molecule has 3 aliphatic rings. The van der Waals surface area contributed by atoms with Crippen LogP contribution in [0.1, 0.15) is 26.7 Å². The number of hydrogen-bond donors (Lipinski definition) is 0. The molecular weight excluding hydrogens is 287 g/mol. The van der Waals surface area contributed by atoms with Gasteiger partial charge in [0, 0.05) is 0 Å². The van der Waals surface area contributed by atoms with Crippen LogP contribution in [-0.2, 0) is 16.6 Å². The van der Waals surface area contributed by atoms with E-state index in [-0.39, 0.29) is 24.8 Å². The van der Waals surface area contributed by atoms with Gasteiger partial charge in [0.2, 0.25) is 0 Å². The summed E-state index contributed by atoms with van der Waals surface area (Å²) in [7, 11) is 0. The van der Waals surface area contributed by atoms with Gasteiger partial charge < -0.3 is 24.8 Å². The van der Waals surface area contributed by atoms with Gasteiger partial charge in [0.25, 0.3) is 0 Å². The number of rotatable bonds is 2. The molecule has 0 bridgehead atoms. The van der Waals surface area contributed by atoms with Crippen LogP contribution < -0.4 is 24.8 Å². The van der Waals surface area contributed by atoms with Crippen molar-refractivity contribution >= 4 is 0 Å². The van der Waals surface area contributed by atoms with Crippen molar-refractivity contribution < 1.29 is 41.4 Å². The van der Waals surface area contributed by atoms with Crippen LogP contribution in [0.4, 0.5) is 0 Å². The Kier molecular flexibility index (Phi) is 4.94. The van der Waals surface area contributed by atoms with Crippen molar-refractivity contribution in [3.8, 4) is 0 Å². The molecule has 0 amide bonds. The average molecular weight is 305 g/mol. The van der Waals surface area contributed by atoms with Crippen molar-refractivity contribution in [2.75, 3.05) is 0 Å². The summed E-state index contributed by atoms with van der Waals surface area (Å²) in [6, 6.07) is 0. The van der Waals surface area contributed by atoms with Crippen LogP contribution >= 0.6 is 0 Å². The smallest absolute Gasteiger partial charge is 1.00 e. The van der Waals surface area contributed by atoms with Gasteiger partial charge in [-0.05, 0) is 0 Å². The summed E-state index contributed by atoms with van der Waals surface area (Å²) in [6.45, 7) is 4.64. The van der Waals surface area contributed by atoms with Gasteiger partial charge in [0.1, 0.15) is 0 Å². The molecule has 0 spiro atoms. The summed E-state index contributed by atoms with van der Waals surface area (Å²) in [6.07, 6.45) is 12.0. The Morgan fingerprint density at radius 3 is 1.47 bits per heavy atom. The molecule has 0 aromatic rings. The Morgan fingerprint density at radius 1 is 0.824 bits per heavy atom. The van der Waals surface area contributed by atoms with Crippen molar-refractivity contribution in [2.24, 2.45) is 0 Å². The Morgan fingerprint density at radius 2 is 1.24 bits per heavy atom. The average Bonchev–Trinajstić information content (AvgIpc) is 2.68. The van der Waals surface area contributed by atoms with E-state index in [1.807, 2.05) is 7.76 Å². The first-order valence-electron chi connectivity index (χ1n) is 5.97. The molecule has 1 fully saturated rings. The molecule has 17 heavy (non-hydrogen) atoms. The molecule has 0 N–H and O–H groups in total. The van der Waals surface area contributed by atoms with Crippen molar-refractivity contribution in [1.29, 1.82) is 0 Å². The summed E-state index contributed by atoms with van der Waals surface area (Å²) in [5.74, 6) is 0. The minimum Gasteiger partial charge on any atom is -1.00 e. The van der Waals surface area contributed by atoms with Crippen LogP contribution in [0, 0.1) is 0 Å². The molecule has 92 valence electrons. The Balaban J connectivity index is 0.000000722. The first kappa shape index (κ1) is 15.3. The van der Waals surface area contributed by atoms with Crippen molar-refractivity contribution in [3.05, 3.63) is 43.2 Å². The van der Waals surface area contributed by atoms with Crippen LogP contribution in [-0.4, -0.2) is 0 Å². The molecule has 2 aliphatic carbocycles. The van der Waals surface area contributed by atoms with Crippen LogP contribution in [0.2, 0.25) is 9.45 Å². The van der Waals surface area contributed by atoms with Gasteiger partial charge in [0.15, 0.2) is 0 Å². The zero-order valence-electron chi connectivity index (χ0n) is 10.4. The fourth-order valence-corrected chi connectivity index (χ4v) is 11.9. The predicted octanol–water partition coefficient (Wildman–Crippen LogP) is -1.53. The van der Waals surface area contributed by atoms with Gasteiger partial charge in [-0.15, -0.1) is 0 Å². The summed E-state index contributed by atoms with van der Waals surface area (Å²) >= 11 is -1.63. The molecule has 1 aliphatic heterocycles. The van der Waals surface area contributed by atoms with E-state index in [1.165, 1.54) is 12.8 Å². The fraction of sp³-hybridized carbons (Fsp3) is 0.429. The van der Waals surface area contributed by atoms with Gasteiger partial charge in [-0.2, -0.15) is 0 Å². The van der Waals surface area contributed by atoms with E-state index in [0.717, 1.165) is 0 Å². The van der Waals surface area contributed by atoms with Crippen molar-refractivity contribution in [1.82, 2.24) is 0 Å². The van der Waals surface area contributed by atoms with E-state index in [4.69, 9.17) is 0 Å². The van der Waals surface area contributed by atoms with Crippen LogP contribution in [0.15, 0.2) is 43.2 Å². The minimum absolute atomic E-state index is 0. The maximum Gasteiger partial charge on any atom is -1.00 e. The second kappa shape index (κ2) is 5.49. The van der Waals surface area contributed by atoms with E-state index in [1.54, 1.807) is 20.6 Å². The molecule has 0 unspecified atom stereocenters. The van der Waals surface area contributed by atoms with E-state index in [2.05, 4.69) is 38.2 Å². The predicted molar refractivity (Wildman–Crippen MR) is 62.5 cm³/mol. The fourth-order valence-electron chi connectivity index (χ4n) is 3.29. The summed E-state index contributed by atoms with van der Waals surface area (Å²) in [4.78, 5) is 0. The molecule has 0 aromatic carbocycles. The van der Waals surface area contributed by atoms with Gasteiger partial charge in [-0.25, -0.2) is 0 Å². The van der Waals surface area contributed by atoms with Crippen LogP contribution in [0.3, 0.4) is 0 Å². The zero-order valence-corrected chi connectivity index (χ0v) is 13.5. The molecule has 0 atom stereocenters. The standard InChI is InChI=1S/2C6H7.C2H4.2ClH.Ti/c2*1-6-4-2-3-5-6;1-2;;;/h2*2,4H,3H2,1H3;1-2H2;2*1H;/q;;;;;+2/p-2.